The molecule has 0 atom stereocenters. The van der Waals surface area contributed by atoms with Crippen LogP contribution in [0.25, 0.3) is 0 Å². The molecule has 0 aliphatic heterocycles. The van der Waals surface area contributed by atoms with E-state index in [1.165, 1.54) is 30.6 Å². The maximum absolute atomic E-state index is 3.49. The van der Waals surface area contributed by atoms with Gasteiger partial charge in [0.2, 0.25) is 0 Å². The standard InChI is InChI=1S/C13H24N2S/c1-3-8-15-9-6-13(12-15)11-14-7-4-5-10-16-2/h6,9,12,14H,3-5,7-8,10-11H2,1-2H3. The van der Waals surface area contributed by atoms with Crippen LogP contribution in [0.2, 0.25) is 0 Å². The first-order valence-electron chi connectivity index (χ1n) is 6.21. The molecule has 2 nitrogen and oxygen atoms in total. The van der Waals surface area contributed by atoms with Gasteiger partial charge in [-0.25, -0.2) is 0 Å². The van der Waals surface area contributed by atoms with Gasteiger partial charge < -0.3 is 9.88 Å². The Kier molecular flexibility index (Phi) is 7.43. The van der Waals surface area contributed by atoms with Crippen molar-refractivity contribution in [2.24, 2.45) is 0 Å². The number of thioether (sulfide) groups is 1. The van der Waals surface area contributed by atoms with E-state index in [0.717, 1.165) is 19.6 Å². The van der Waals surface area contributed by atoms with Gasteiger partial charge in [-0.2, -0.15) is 11.8 Å². The van der Waals surface area contributed by atoms with E-state index in [1.807, 2.05) is 11.8 Å². The third-order valence-electron chi connectivity index (χ3n) is 2.57. The molecule has 1 aromatic rings. The van der Waals surface area contributed by atoms with Gasteiger partial charge in [-0.3, -0.25) is 0 Å². The molecule has 0 unspecified atom stereocenters. The van der Waals surface area contributed by atoms with Crippen LogP contribution in [0.1, 0.15) is 31.7 Å². The molecule has 0 aliphatic carbocycles. The minimum absolute atomic E-state index is 1.01. The van der Waals surface area contributed by atoms with Gasteiger partial charge in [0.15, 0.2) is 0 Å². The van der Waals surface area contributed by atoms with E-state index in [4.69, 9.17) is 0 Å². The summed E-state index contributed by atoms with van der Waals surface area (Å²) in [7, 11) is 0. The van der Waals surface area contributed by atoms with Crippen LogP contribution in [0, 0.1) is 0 Å². The van der Waals surface area contributed by atoms with Crippen molar-refractivity contribution in [2.75, 3.05) is 18.6 Å². The average Bonchev–Trinajstić information content (AvgIpc) is 2.72. The molecule has 1 heterocycles. The monoisotopic (exact) mass is 240 g/mol. The molecule has 0 fully saturated rings. The largest absolute Gasteiger partial charge is 0.354 e. The maximum atomic E-state index is 3.49. The minimum atomic E-state index is 1.01. The van der Waals surface area contributed by atoms with Crippen molar-refractivity contribution < 1.29 is 0 Å². The van der Waals surface area contributed by atoms with Gasteiger partial charge in [0.1, 0.15) is 0 Å². The van der Waals surface area contributed by atoms with Crippen molar-refractivity contribution >= 4 is 11.8 Å². The summed E-state index contributed by atoms with van der Waals surface area (Å²) in [5, 5.41) is 3.49. The summed E-state index contributed by atoms with van der Waals surface area (Å²) in [6.45, 7) is 5.49. The predicted octanol–water partition coefficient (Wildman–Crippen LogP) is 3.13. The van der Waals surface area contributed by atoms with E-state index in [1.54, 1.807) is 0 Å². The van der Waals surface area contributed by atoms with Gasteiger partial charge >= 0.3 is 0 Å². The van der Waals surface area contributed by atoms with Crippen molar-refractivity contribution in [3.05, 3.63) is 24.0 Å². The van der Waals surface area contributed by atoms with E-state index < -0.39 is 0 Å². The van der Waals surface area contributed by atoms with Gasteiger partial charge in [0, 0.05) is 25.5 Å². The van der Waals surface area contributed by atoms with Gasteiger partial charge in [-0.1, -0.05) is 6.92 Å². The summed E-state index contributed by atoms with van der Waals surface area (Å²) >= 11 is 1.93. The molecule has 92 valence electrons. The first-order chi connectivity index (χ1) is 7.86. The number of hydrogen-bond acceptors (Lipinski definition) is 2. The Morgan fingerprint density at radius 3 is 3.00 bits per heavy atom. The zero-order valence-corrected chi connectivity index (χ0v) is 11.4. The molecular formula is C13H24N2S. The maximum Gasteiger partial charge on any atom is 0.0220 e. The van der Waals surface area contributed by atoms with Crippen molar-refractivity contribution in [3.8, 4) is 0 Å². The molecule has 0 aromatic carbocycles. The summed E-state index contributed by atoms with van der Waals surface area (Å²) in [6.07, 6.45) is 10.4. The molecule has 0 spiro atoms. The molecule has 1 N–H and O–H groups in total. The smallest absolute Gasteiger partial charge is 0.0220 e. The number of nitrogens with one attached hydrogen (secondary N) is 1. The van der Waals surface area contributed by atoms with Crippen LogP contribution in [0.15, 0.2) is 18.5 Å². The van der Waals surface area contributed by atoms with Crippen LogP contribution < -0.4 is 5.32 Å². The lowest BCUT2D eigenvalue weighted by Crippen LogP contribution is -2.14. The Morgan fingerprint density at radius 1 is 1.38 bits per heavy atom. The number of nitrogens with zero attached hydrogens (tertiary/aromatic N) is 1. The van der Waals surface area contributed by atoms with Crippen molar-refractivity contribution in [1.82, 2.24) is 9.88 Å². The number of rotatable bonds is 9. The second-order valence-corrected chi connectivity index (χ2v) is 5.12. The quantitative estimate of drug-likeness (QED) is 0.668. The fourth-order valence-corrected chi connectivity index (χ4v) is 2.21. The van der Waals surface area contributed by atoms with Crippen molar-refractivity contribution in [1.29, 1.82) is 0 Å². The summed E-state index contributed by atoms with van der Waals surface area (Å²) in [5.74, 6) is 1.29. The molecule has 0 saturated heterocycles. The van der Waals surface area contributed by atoms with Crippen molar-refractivity contribution in [2.45, 2.75) is 39.3 Å². The molecule has 1 aromatic heterocycles. The predicted molar refractivity (Wildman–Crippen MR) is 74.0 cm³/mol. The van der Waals surface area contributed by atoms with E-state index in [-0.39, 0.29) is 0 Å². The molecule has 0 amide bonds. The molecule has 1 rings (SSSR count). The zero-order chi connectivity index (χ0) is 11.6. The number of aromatic nitrogens is 1. The minimum Gasteiger partial charge on any atom is -0.354 e. The van der Waals surface area contributed by atoms with Crippen LogP contribution >= 0.6 is 11.8 Å². The fraction of sp³-hybridized carbons (Fsp3) is 0.692. The van der Waals surface area contributed by atoms with E-state index in [9.17, 15) is 0 Å². The summed E-state index contributed by atoms with van der Waals surface area (Å²) in [5.41, 5.74) is 1.40. The average molecular weight is 240 g/mol. The Hall–Kier alpha value is -0.410. The normalized spacial score (nSPS) is 10.9. The number of unbranched alkanes of at least 4 members (excludes halogenated alkanes) is 1. The van der Waals surface area contributed by atoms with Gasteiger partial charge in [0.25, 0.3) is 0 Å². The van der Waals surface area contributed by atoms with Crippen molar-refractivity contribution in [3.63, 3.8) is 0 Å². The lowest BCUT2D eigenvalue weighted by atomic mass is 10.3. The molecule has 0 aliphatic rings. The first kappa shape index (κ1) is 13.7. The van der Waals surface area contributed by atoms with E-state index in [0.29, 0.717) is 0 Å². The van der Waals surface area contributed by atoms with Gasteiger partial charge in [0.05, 0.1) is 0 Å². The van der Waals surface area contributed by atoms with Gasteiger partial charge in [-0.15, -0.1) is 0 Å². The topological polar surface area (TPSA) is 17.0 Å². The van der Waals surface area contributed by atoms with Gasteiger partial charge in [-0.05, 0) is 49.4 Å². The SMILES string of the molecule is CCCn1ccc(CNCCCCSC)c1. The first-order valence-corrected chi connectivity index (χ1v) is 7.60. The molecular weight excluding hydrogens is 216 g/mol. The lowest BCUT2D eigenvalue weighted by molar-refractivity contribution is 0.639. The fourth-order valence-electron chi connectivity index (χ4n) is 1.72. The third-order valence-corrected chi connectivity index (χ3v) is 3.27. The highest BCUT2D eigenvalue weighted by Crippen LogP contribution is 2.02. The van der Waals surface area contributed by atoms with Crippen LogP contribution in [0.3, 0.4) is 0 Å². The second-order valence-electron chi connectivity index (χ2n) is 4.13. The third kappa shape index (κ3) is 5.61. The van der Waals surface area contributed by atoms with Crippen LogP contribution in [-0.2, 0) is 13.1 Å². The summed E-state index contributed by atoms with van der Waals surface area (Å²) in [6, 6.07) is 2.21. The summed E-state index contributed by atoms with van der Waals surface area (Å²) < 4.78 is 2.27. The highest BCUT2D eigenvalue weighted by Gasteiger charge is 1.95. The molecule has 0 radical (unpaired) electrons. The molecule has 0 saturated carbocycles. The second kappa shape index (κ2) is 8.71. The Labute approximate surface area is 104 Å². The highest BCUT2D eigenvalue weighted by atomic mass is 32.2. The molecule has 16 heavy (non-hydrogen) atoms. The Balaban J connectivity index is 2.07. The highest BCUT2D eigenvalue weighted by molar-refractivity contribution is 7.98. The van der Waals surface area contributed by atoms with E-state index in [2.05, 4.69) is 41.5 Å². The van der Waals surface area contributed by atoms with Crippen LogP contribution in [0.4, 0.5) is 0 Å². The summed E-state index contributed by atoms with van der Waals surface area (Å²) in [4.78, 5) is 0. The Bertz CT molecular complexity index is 271. The number of hydrogen-bond donors (Lipinski definition) is 1. The lowest BCUT2D eigenvalue weighted by Gasteiger charge is -2.02. The Morgan fingerprint density at radius 2 is 2.25 bits per heavy atom. The molecule has 0 bridgehead atoms. The van der Waals surface area contributed by atoms with E-state index >= 15 is 0 Å². The zero-order valence-electron chi connectivity index (χ0n) is 10.5. The molecule has 3 heteroatoms. The van der Waals surface area contributed by atoms with Crippen LogP contribution in [-0.4, -0.2) is 23.1 Å². The number of aryl methyl sites for hydroxylation is 1. The van der Waals surface area contributed by atoms with Crippen LogP contribution in [0.5, 0.6) is 0 Å².